The predicted octanol–water partition coefficient (Wildman–Crippen LogP) is 0.887. The van der Waals surface area contributed by atoms with Gasteiger partial charge in [0.25, 0.3) is 0 Å². The van der Waals surface area contributed by atoms with Crippen LogP contribution in [0, 0.1) is 5.41 Å². The summed E-state index contributed by atoms with van der Waals surface area (Å²) < 4.78 is 22.3. The van der Waals surface area contributed by atoms with Crippen LogP contribution in [0.2, 0.25) is 0 Å². The molecule has 0 aromatic heterocycles. The molecule has 0 aliphatic carbocycles. The molecule has 0 bridgehead atoms. The van der Waals surface area contributed by atoms with E-state index in [1.807, 2.05) is 0 Å². The molecule has 2 fully saturated rings. The van der Waals surface area contributed by atoms with E-state index in [4.69, 9.17) is 0 Å². The number of nitrogens with one attached hydrogen (secondary N) is 1. The Hall–Kier alpha value is -0.130. The molecule has 2 heterocycles. The molecule has 0 amide bonds. The van der Waals surface area contributed by atoms with Crippen LogP contribution >= 0.6 is 0 Å². The minimum absolute atomic E-state index is 0.328. The average Bonchev–Trinajstić information content (AvgIpc) is 2.28. The van der Waals surface area contributed by atoms with Gasteiger partial charge < -0.3 is 10.2 Å². The summed E-state index contributed by atoms with van der Waals surface area (Å²) in [5.41, 5.74) is 0.474. The van der Waals surface area contributed by atoms with E-state index in [0.29, 0.717) is 11.2 Å². The zero-order valence-corrected chi connectivity index (χ0v) is 12.3. The molecule has 2 aliphatic rings. The number of nitrogens with zero attached hydrogens (tertiary/aromatic N) is 1. The zero-order chi connectivity index (χ0) is 13.1. The molecule has 4 nitrogen and oxygen atoms in total. The minimum atomic E-state index is -2.80. The van der Waals surface area contributed by atoms with Crippen LogP contribution in [0.25, 0.3) is 0 Å². The fourth-order valence-corrected chi connectivity index (χ4v) is 4.08. The fraction of sp³-hybridized carbons (Fsp3) is 1.00. The lowest BCUT2D eigenvalue weighted by molar-refractivity contribution is 0.0649. The van der Waals surface area contributed by atoms with Crippen LogP contribution in [0.1, 0.15) is 32.1 Å². The number of hydrogen-bond acceptors (Lipinski definition) is 4. The Morgan fingerprint density at radius 1 is 1.28 bits per heavy atom. The summed E-state index contributed by atoms with van der Waals surface area (Å²) in [5, 5.41) is 3.52. The Morgan fingerprint density at radius 3 is 2.72 bits per heavy atom. The van der Waals surface area contributed by atoms with E-state index >= 15 is 0 Å². The maximum atomic E-state index is 11.1. The summed E-state index contributed by atoms with van der Waals surface area (Å²) in [6.07, 6.45) is 7.33. The van der Waals surface area contributed by atoms with Crippen molar-refractivity contribution in [2.75, 3.05) is 44.7 Å². The van der Waals surface area contributed by atoms with E-state index in [0.717, 1.165) is 39.1 Å². The Labute approximate surface area is 111 Å². The second-order valence-corrected chi connectivity index (χ2v) is 8.40. The normalized spacial score (nSPS) is 30.7. The third-order valence-electron chi connectivity index (χ3n) is 4.29. The molecule has 5 heteroatoms. The minimum Gasteiger partial charge on any atom is -0.316 e. The van der Waals surface area contributed by atoms with Crippen LogP contribution < -0.4 is 5.32 Å². The zero-order valence-electron chi connectivity index (χ0n) is 11.5. The molecule has 1 N–H and O–H groups in total. The topological polar surface area (TPSA) is 49.4 Å². The molecule has 0 saturated carbocycles. The van der Waals surface area contributed by atoms with E-state index in [-0.39, 0.29) is 0 Å². The number of sulfone groups is 1. The molecular weight excluding hydrogens is 248 g/mol. The van der Waals surface area contributed by atoms with Crippen molar-refractivity contribution < 1.29 is 8.42 Å². The fourth-order valence-electron chi connectivity index (χ4n) is 3.43. The van der Waals surface area contributed by atoms with Crippen molar-refractivity contribution in [2.24, 2.45) is 5.41 Å². The molecule has 18 heavy (non-hydrogen) atoms. The largest absolute Gasteiger partial charge is 0.316 e. The van der Waals surface area contributed by atoms with Gasteiger partial charge in [-0.3, -0.25) is 0 Å². The first kappa shape index (κ1) is 14.3. The SMILES string of the molecule is CS(=O)(=O)CCCN1CCCC2(CCCNC2)C1. The van der Waals surface area contributed by atoms with Crippen LogP contribution in [0.15, 0.2) is 0 Å². The number of likely N-dealkylation sites (tertiary alicyclic amines) is 1. The van der Waals surface area contributed by atoms with Crippen molar-refractivity contribution in [1.82, 2.24) is 10.2 Å². The van der Waals surface area contributed by atoms with Gasteiger partial charge in [-0.05, 0) is 57.2 Å². The third kappa shape index (κ3) is 4.21. The van der Waals surface area contributed by atoms with Crippen LogP contribution in [0.4, 0.5) is 0 Å². The lowest BCUT2D eigenvalue weighted by Gasteiger charge is -2.45. The Balaban J connectivity index is 1.79. The average molecular weight is 274 g/mol. The first-order valence-corrected chi connectivity index (χ1v) is 9.16. The second-order valence-electron chi connectivity index (χ2n) is 6.14. The molecule has 0 aromatic carbocycles. The Morgan fingerprint density at radius 2 is 2.06 bits per heavy atom. The highest BCUT2D eigenvalue weighted by molar-refractivity contribution is 7.90. The van der Waals surface area contributed by atoms with Gasteiger partial charge in [0.05, 0.1) is 5.75 Å². The van der Waals surface area contributed by atoms with Crippen molar-refractivity contribution in [3.8, 4) is 0 Å². The van der Waals surface area contributed by atoms with Gasteiger partial charge in [-0.15, -0.1) is 0 Å². The molecular formula is C13H26N2O2S. The lowest BCUT2D eigenvalue weighted by Crippen LogP contribution is -2.51. The number of piperidine rings is 2. The van der Waals surface area contributed by atoms with E-state index in [1.54, 1.807) is 0 Å². The van der Waals surface area contributed by atoms with E-state index in [1.165, 1.54) is 31.9 Å². The van der Waals surface area contributed by atoms with E-state index in [2.05, 4.69) is 10.2 Å². The van der Waals surface area contributed by atoms with Gasteiger partial charge in [-0.25, -0.2) is 8.42 Å². The van der Waals surface area contributed by atoms with Crippen molar-refractivity contribution in [3.63, 3.8) is 0 Å². The number of rotatable bonds is 4. The highest BCUT2D eigenvalue weighted by Crippen LogP contribution is 2.35. The molecule has 2 aliphatic heterocycles. The van der Waals surface area contributed by atoms with Crippen LogP contribution in [0.3, 0.4) is 0 Å². The smallest absolute Gasteiger partial charge is 0.147 e. The molecule has 106 valence electrons. The standard InChI is InChI=1S/C13H26N2O2S/c1-18(16,17)10-4-9-15-8-3-6-13(12-15)5-2-7-14-11-13/h14H,2-12H2,1H3. The van der Waals surface area contributed by atoms with Crippen LogP contribution in [0.5, 0.6) is 0 Å². The molecule has 2 saturated heterocycles. The molecule has 1 unspecified atom stereocenters. The van der Waals surface area contributed by atoms with E-state index < -0.39 is 9.84 Å². The van der Waals surface area contributed by atoms with Crippen LogP contribution in [-0.4, -0.2) is 58.1 Å². The lowest BCUT2D eigenvalue weighted by atomic mass is 9.74. The van der Waals surface area contributed by atoms with Gasteiger partial charge in [0.1, 0.15) is 9.84 Å². The first-order chi connectivity index (χ1) is 8.49. The molecule has 1 atom stereocenters. The predicted molar refractivity (Wildman–Crippen MR) is 74.5 cm³/mol. The van der Waals surface area contributed by atoms with Gasteiger partial charge in [0.2, 0.25) is 0 Å². The van der Waals surface area contributed by atoms with Gasteiger partial charge in [0.15, 0.2) is 0 Å². The number of hydrogen-bond donors (Lipinski definition) is 1. The van der Waals surface area contributed by atoms with Gasteiger partial charge in [-0.2, -0.15) is 0 Å². The maximum absolute atomic E-state index is 11.1. The summed E-state index contributed by atoms with van der Waals surface area (Å²) in [6.45, 7) is 5.55. The summed E-state index contributed by atoms with van der Waals surface area (Å²) >= 11 is 0. The summed E-state index contributed by atoms with van der Waals surface area (Å²) in [7, 11) is -2.80. The second kappa shape index (κ2) is 5.88. The van der Waals surface area contributed by atoms with Crippen molar-refractivity contribution in [2.45, 2.75) is 32.1 Å². The van der Waals surface area contributed by atoms with Gasteiger partial charge in [-0.1, -0.05) is 0 Å². The molecule has 2 rings (SSSR count). The molecule has 0 aromatic rings. The monoisotopic (exact) mass is 274 g/mol. The Kier molecular flexibility index (Phi) is 4.67. The molecule has 1 spiro atoms. The highest BCUT2D eigenvalue weighted by atomic mass is 32.2. The van der Waals surface area contributed by atoms with Gasteiger partial charge >= 0.3 is 0 Å². The quantitative estimate of drug-likeness (QED) is 0.827. The Bertz CT molecular complexity index is 356. The summed E-state index contributed by atoms with van der Waals surface area (Å²) in [4.78, 5) is 2.47. The van der Waals surface area contributed by atoms with Gasteiger partial charge in [0, 0.05) is 19.3 Å². The van der Waals surface area contributed by atoms with Crippen LogP contribution in [-0.2, 0) is 9.84 Å². The maximum Gasteiger partial charge on any atom is 0.147 e. The molecule has 0 radical (unpaired) electrons. The van der Waals surface area contributed by atoms with E-state index in [9.17, 15) is 8.42 Å². The first-order valence-electron chi connectivity index (χ1n) is 7.10. The summed E-state index contributed by atoms with van der Waals surface area (Å²) in [6, 6.07) is 0. The highest BCUT2D eigenvalue weighted by Gasteiger charge is 2.36. The van der Waals surface area contributed by atoms with Crippen molar-refractivity contribution in [1.29, 1.82) is 0 Å². The third-order valence-corrected chi connectivity index (χ3v) is 5.32. The van der Waals surface area contributed by atoms with Crippen molar-refractivity contribution >= 4 is 9.84 Å². The van der Waals surface area contributed by atoms with Crippen molar-refractivity contribution in [3.05, 3.63) is 0 Å². The summed E-state index contributed by atoms with van der Waals surface area (Å²) in [5.74, 6) is 0.328.